The molecule has 0 rings (SSSR count). The molecule has 0 unspecified atom stereocenters. The first-order valence-electron chi connectivity index (χ1n) is 1.91. The van der Waals surface area contributed by atoms with Crippen LogP contribution in [0.25, 0.3) is 0 Å². The third kappa shape index (κ3) is 516. The molecule has 0 nitrogen and oxygen atoms in total. The molecule has 7 heavy (non-hydrogen) atoms. The maximum Gasteiger partial charge on any atom is 2.00 e. The minimum Gasteiger partial charge on any atom is -0.521 e. The van der Waals surface area contributed by atoms with Gasteiger partial charge in [0.1, 0.15) is 0 Å². The van der Waals surface area contributed by atoms with Crippen LogP contribution < -0.4 is 0 Å². The second-order valence-corrected chi connectivity index (χ2v) is 1.50. The van der Waals surface area contributed by atoms with Crippen molar-refractivity contribution in [2.24, 2.45) is 0 Å². The summed E-state index contributed by atoms with van der Waals surface area (Å²) in [5, 5.41) is 0. The quantitative estimate of drug-likeness (QED) is 0.328. The summed E-state index contributed by atoms with van der Waals surface area (Å²) in [6.45, 7) is 13.2. The molecule has 0 aromatic rings. The molecule has 0 aromatic heterocycles. The van der Waals surface area contributed by atoms with Gasteiger partial charge in [-0.25, -0.2) is 0 Å². The van der Waals surface area contributed by atoms with Gasteiger partial charge in [0, 0.05) is 0 Å². The van der Waals surface area contributed by atoms with Crippen LogP contribution in [-0.4, -0.2) is 23.1 Å². The Morgan fingerprint density at radius 1 is 1.14 bits per heavy atom. The van der Waals surface area contributed by atoms with Crippen LogP contribution in [0.4, 0.5) is 0 Å². The van der Waals surface area contributed by atoms with E-state index >= 15 is 0 Å². The van der Waals surface area contributed by atoms with Gasteiger partial charge in [0.15, 0.2) is 0 Å². The second kappa shape index (κ2) is 16.0. The van der Waals surface area contributed by atoms with E-state index < -0.39 is 0 Å². The van der Waals surface area contributed by atoms with E-state index in [4.69, 9.17) is 0 Å². The third-order valence-corrected chi connectivity index (χ3v) is 0. The Bertz CT molecular complexity index is 15.4. The average molecular weight is 108 g/mol. The van der Waals surface area contributed by atoms with E-state index in [1.165, 1.54) is 5.92 Å². The van der Waals surface area contributed by atoms with Gasteiger partial charge >= 0.3 is 23.1 Å². The molecule has 0 aliphatic rings. The van der Waals surface area contributed by atoms with E-state index in [0.717, 1.165) is 0 Å². The molecular formula is C6H12Mg. The van der Waals surface area contributed by atoms with E-state index in [-0.39, 0.29) is 23.1 Å². The first-order valence-corrected chi connectivity index (χ1v) is 1.91. The molecule has 0 atom stereocenters. The molecule has 0 bridgehead atoms. The molecule has 0 saturated carbocycles. The fourth-order valence-electron chi connectivity index (χ4n) is 0. The molecule has 38 valence electrons. The summed E-state index contributed by atoms with van der Waals surface area (Å²) in [6.07, 6.45) is 0. The van der Waals surface area contributed by atoms with Crippen molar-refractivity contribution in [3.8, 4) is 0 Å². The van der Waals surface area contributed by atoms with Gasteiger partial charge in [-0.05, 0) is 0 Å². The van der Waals surface area contributed by atoms with Crippen LogP contribution in [0.3, 0.4) is 0 Å². The summed E-state index contributed by atoms with van der Waals surface area (Å²) >= 11 is 0. The Morgan fingerprint density at radius 3 is 1.14 bits per heavy atom. The zero-order chi connectivity index (χ0) is 5.58. The Hall–Kier alpha value is 0.506. The molecule has 0 spiro atoms. The van der Waals surface area contributed by atoms with Crippen molar-refractivity contribution < 1.29 is 0 Å². The van der Waals surface area contributed by atoms with E-state index in [9.17, 15) is 0 Å². The van der Waals surface area contributed by atoms with E-state index in [1.807, 2.05) is 0 Å². The van der Waals surface area contributed by atoms with Crippen LogP contribution in [0.2, 0.25) is 0 Å². The Morgan fingerprint density at radius 2 is 1.14 bits per heavy atom. The topological polar surface area (TPSA) is 0 Å². The normalized spacial score (nSPS) is 5.71. The molecule has 0 aliphatic heterocycles. The predicted molar refractivity (Wildman–Crippen MR) is 35.9 cm³/mol. The molecule has 0 aromatic carbocycles. The predicted octanol–water partition coefficient (Wildman–Crippen LogP) is 1.85. The van der Waals surface area contributed by atoms with Crippen LogP contribution in [0, 0.1) is 12.5 Å². The molecule has 0 aliphatic carbocycles. The standard InChI is InChI=1S/C4H9.C2H3.Mg/c1-4(2)3;1-2;/h1-3H3;1H,2H2;/q2*-1;+2. The van der Waals surface area contributed by atoms with Gasteiger partial charge in [-0.1, -0.05) is 0 Å². The third-order valence-electron chi connectivity index (χ3n) is 0. The first-order chi connectivity index (χ1) is 2.73. The summed E-state index contributed by atoms with van der Waals surface area (Å²) < 4.78 is 0. The molecule has 0 amide bonds. The minimum atomic E-state index is 0. The van der Waals surface area contributed by atoms with Gasteiger partial charge in [-0.3, -0.25) is 6.58 Å². The largest absolute Gasteiger partial charge is 2.00 e. The zero-order valence-corrected chi connectivity index (χ0v) is 6.91. The zero-order valence-electron chi connectivity index (χ0n) is 5.49. The van der Waals surface area contributed by atoms with Gasteiger partial charge in [0.25, 0.3) is 0 Å². The maximum absolute atomic E-state index is 4.25. The monoisotopic (exact) mass is 108 g/mol. The summed E-state index contributed by atoms with van der Waals surface area (Å²) in [6, 6.07) is 0. The summed E-state index contributed by atoms with van der Waals surface area (Å²) in [4.78, 5) is 0. The summed E-state index contributed by atoms with van der Waals surface area (Å²) in [7, 11) is 0. The van der Waals surface area contributed by atoms with E-state index in [1.54, 1.807) is 0 Å². The van der Waals surface area contributed by atoms with Gasteiger partial charge in [-0.2, -0.15) is 20.8 Å². The van der Waals surface area contributed by atoms with Gasteiger partial charge in [-0.15, -0.1) is 0 Å². The Labute approximate surface area is 63.2 Å². The van der Waals surface area contributed by atoms with Crippen molar-refractivity contribution >= 4 is 23.1 Å². The molecular weight excluding hydrogens is 96.4 g/mol. The number of hydrogen-bond donors (Lipinski definition) is 0. The number of hydrogen-bond acceptors (Lipinski definition) is 0. The van der Waals surface area contributed by atoms with Crippen LogP contribution in [0.5, 0.6) is 0 Å². The molecule has 0 saturated heterocycles. The molecule has 1 heteroatoms. The van der Waals surface area contributed by atoms with Crippen molar-refractivity contribution in [2.75, 3.05) is 0 Å². The van der Waals surface area contributed by atoms with Gasteiger partial charge < -0.3 is 12.5 Å². The summed E-state index contributed by atoms with van der Waals surface area (Å²) in [5.74, 6) is 1.42. The summed E-state index contributed by atoms with van der Waals surface area (Å²) in [5.41, 5.74) is 0. The van der Waals surface area contributed by atoms with Crippen LogP contribution >= 0.6 is 0 Å². The SMILES string of the molecule is C[C-](C)C.[CH-]=C.[Mg+2]. The van der Waals surface area contributed by atoms with Crippen molar-refractivity contribution in [2.45, 2.75) is 20.8 Å². The molecule has 0 radical (unpaired) electrons. The minimum absolute atomic E-state index is 0. The van der Waals surface area contributed by atoms with Gasteiger partial charge in [0.2, 0.25) is 0 Å². The van der Waals surface area contributed by atoms with E-state index in [0.29, 0.717) is 0 Å². The van der Waals surface area contributed by atoms with Crippen molar-refractivity contribution in [1.29, 1.82) is 0 Å². The molecule has 0 heterocycles. The molecule has 0 N–H and O–H groups in total. The van der Waals surface area contributed by atoms with Crippen LogP contribution in [0.15, 0.2) is 6.58 Å². The number of rotatable bonds is 0. The fraction of sp³-hybridized carbons (Fsp3) is 0.500. The Balaban J connectivity index is -0.0000000480. The fourth-order valence-corrected chi connectivity index (χ4v) is 0. The van der Waals surface area contributed by atoms with Crippen molar-refractivity contribution in [3.63, 3.8) is 0 Å². The van der Waals surface area contributed by atoms with Gasteiger partial charge in [0.05, 0.1) is 0 Å². The second-order valence-electron chi connectivity index (χ2n) is 1.50. The van der Waals surface area contributed by atoms with Crippen molar-refractivity contribution in [3.05, 3.63) is 19.1 Å². The molecule has 0 fully saturated rings. The maximum atomic E-state index is 4.25. The van der Waals surface area contributed by atoms with E-state index in [2.05, 4.69) is 33.9 Å². The van der Waals surface area contributed by atoms with Crippen LogP contribution in [0.1, 0.15) is 20.8 Å². The average Bonchev–Trinajstić information content (AvgIpc) is 1.41. The smallest absolute Gasteiger partial charge is 0.521 e. The van der Waals surface area contributed by atoms with Crippen molar-refractivity contribution in [1.82, 2.24) is 0 Å². The Kier molecular flexibility index (Phi) is 35.9. The first kappa shape index (κ1) is 15.6. The van der Waals surface area contributed by atoms with Crippen LogP contribution in [-0.2, 0) is 0 Å².